The molecule has 0 atom stereocenters. The number of benzene rings is 2. The van der Waals surface area contributed by atoms with Crippen molar-refractivity contribution in [2.45, 2.75) is 0 Å². The van der Waals surface area contributed by atoms with Crippen molar-refractivity contribution in [1.82, 2.24) is 0 Å². The van der Waals surface area contributed by atoms with E-state index in [0.29, 0.717) is 8.39 Å². The molecule has 5 heteroatoms. The number of rotatable bonds is 2. The van der Waals surface area contributed by atoms with Crippen LogP contribution < -0.4 is 0 Å². The second-order valence-corrected chi connectivity index (χ2v) is 5.46. The van der Waals surface area contributed by atoms with E-state index in [0.717, 1.165) is 11.1 Å². The van der Waals surface area contributed by atoms with Crippen LogP contribution >= 0.6 is 24.4 Å². The number of hydrogen-bond acceptors (Lipinski definition) is 4. The van der Waals surface area contributed by atoms with Crippen molar-refractivity contribution >= 4 is 81.1 Å². The van der Waals surface area contributed by atoms with Crippen LogP contribution in [0.2, 0.25) is 0 Å². The molecule has 0 N–H and O–H groups in total. The van der Waals surface area contributed by atoms with E-state index in [1.807, 2.05) is 60.7 Å². The van der Waals surface area contributed by atoms with Crippen molar-refractivity contribution in [1.29, 1.82) is 0 Å². The molecule has 0 saturated heterocycles. The van der Waals surface area contributed by atoms with E-state index in [4.69, 9.17) is 49.7 Å². The molecule has 0 bridgehead atoms. The van der Waals surface area contributed by atoms with Gasteiger partial charge < -0.3 is 49.7 Å². The summed E-state index contributed by atoms with van der Waals surface area (Å²) in [6, 6.07) is 19.2. The Morgan fingerprint density at radius 1 is 0.632 bits per heavy atom. The topological polar surface area (TPSA) is 0 Å². The van der Waals surface area contributed by atoms with Gasteiger partial charge in [0.25, 0.3) is 0 Å². The van der Waals surface area contributed by atoms with Gasteiger partial charge in [-0.25, -0.2) is 0 Å². The minimum atomic E-state index is 0. The van der Waals surface area contributed by atoms with Crippen molar-refractivity contribution in [2.75, 3.05) is 0 Å². The molecule has 0 spiro atoms. The zero-order valence-electron chi connectivity index (χ0n) is 10.1. The number of thiocarbonyl (C=S) groups is 2. The molecule has 0 heterocycles. The molecule has 0 aliphatic carbocycles. The van der Waals surface area contributed by atoms with E-state index in [9.17, 15) is 0 Å². The van der Waals surface area contributed by atoms with Gasteiger partial charge in [0.1, 0.15) is 0 Å². The Morgan fingerprint density at radius 2 is 0.895 bits per heavy atom. The molecule has 0 fully saturated rings. The monoisotopic (exact) mass is 330 g/mol. The summed E-state index contributed by atoms with van der Waals surface area (Å²) in [5.74, 6) is 0. The van der Waals surface area contributed by atoms with Gasteiger partial charge in [0, 0.05) is 0 Å². The quantitative estimate of drug-likeness (QED) is 0.470. The fraction of sp³-hybridized carbons (Fsp3) is 0. The van der Waals surface area contributed by atoms with Gasteiger partial charge in [-0.1, -0.05) is 60.7 Å². The average molecular weight is 331 g/mol. The maximum Gasteiger partial charge on any atom is 2.00 e. The molecule has 0 amide bonds. The molecule has 0 nitrogen and oxygen atoms in total. The van der Waals surface area contributed by atoms with Gasteiger partial charge in [0.05, 0.1) is 0 Å². The third-order valence-corrected chi connectivity index (χ3v) is 2.96. The van der Waals surface area contributed by atoms with Crippen LogP contribution in [0, 0.1) is 0 Å². The van der Waals surface area contributed by atoms with E-state index in [1.165, 1.54) is 0 Å². The Hall–Kier alpha value is -0.174. The molecular formula is C14H10MgS4. The first-order chi connectivity index (χ1) is 8.61. The van der Waals surface area contributed by atoms with Crippen LogP contribution in [0.3, 0.4) is 0 Å². The van der Waals surface area contributed by atoms with Crippen LogP contribution in [0.1, 0.15) is 11.1 Å². The van der Waals surface area contributed by atoms with Crippen molar-refractivity contribution in [3.8, 4) is 0 Å². The molecule has 0 saturated carbocycles. The molecular weight excluding hydrogens is 321 g/mol. The first-order valence-electron chi connectivity index (χ1n) is 5.14. The minimum absolute atomic E-state index is 0. The van der Waals surface area contributed by atoms with Crippen molar-refractivity contribution in [3.05, 3.63) is 71.8 Å². The average Bonchev–Trinajstić information content (AvgIpc) is 2.41. The van der Waals surface area contributed by atoms with Crippen molar-refractivity contribution in [3.63, 3.8) is 0 Å². The van der Waals surface area contributed by atoms with Gasteiger partial charge >= 0.3 is 23.1 Å². The Balaban J connectivity index is 0.000000324. The van der Waals surface area contributed by atoms with E-state index < -0.39 is 0 Å². The fourth-order valence-electron chi connectivity index (χ4n) is 1.15. The van der Waals surface area contributed by atoms with Gasteiger partial charge in [0.15, 0.2) is 0 Å². The second kappa shape index (κ2) is 10.6. The fourth-order valence-corrected chi connectivity index (χ4v) is 1.69. The molecule has 2 aromatic rings. The van der Waals surface area contributed by atoms with E-state index in [-0.39, 0.29) is 23.1 Å². The van der Waals surface area contributed by atoms with Gasteiger partial charge in [-0.15, -0.1) is 8.39 Å². The largest absolute Gasteiger partial charge is 2.00 e. The van der Waals surface area contributed by atoms with Crippen LogP contribution in [-0.4, -0.2) is 31.4 Å². The molecule has 0 unspecified atom stereocenters. The third-order valence-electron chi connectivity index (χ3n) is 2.02. The van der Waals surface area contributed by atoms with E-state index in [1.54, 1.807) is 0 Å². The molecule has 92 valence electrons. The summed E-state index contributed by atoms with van der Waals surface area (Å²) in [4.78, 5) is 0. The molecule has 2 rings (SSSR count). The SMILES string of the molecule is S=C([S-])c1ccccc1.S=C([S-])c1ccccc1.[Mg+2]. The molecule has 0 aromatic heterocycles. The predicted molar refractivity (Wildman–Crippen MR) is 96.8 cm³/mol. The summed E-state index contributed by atoms with van der Waals surface area (Å²) < 4.78 is 1.08. The van der Waals surface area contributed by atoms with E-state index in [2.05, 4.69) is 0 Å². The summed E-state index contributed by atoms with van der Waals surface area (Å²) in [5.41, 5.74) is 1.92. The maximum absolute atomic E-state index is 4.78. The van der Waals surface area contributed by atoms with Gasteiger partial charge in [-0.2, -0.15) is 0 Å². The Bertz CT molecular complexity index is 462. The van der Waals surface area contributed by atoms with Crippen molar-refractivity contribution in [2.24, 2.45) is 0 Å². The van der Waals surface area contributed by atoms with Gasteiger partial charge in [-0.05, 0) is 11.1 Å². The molecule has 2 aromatic carbocycles. The molecule has 0 radical (unpaired) electrons. The standard InChI is InChI=1S/2C7H6S2.Mg/c2*8-7(9)6-4-2-1-3-5-6;/h2*1-5H,(H,8,9);/q;;+2/p-2. The van der Waals surface area contributed by atoms with Crippen LogP contribution in [0.4, 0.5) is 0 Å². The molecule has 0 aliphatic rings. The summed E-state index contributed by atoms with van der Waals surface area (Å²) in [5, 5.41) is 0. The Morgan fingerprint density at radius 3 is 1.05 bits per heavy atom. The zero-order chi connectivity index (χ0) is 13.4. The third kappa shape index (κ3) is 7.87. The second-order valence-electron chi connectivity index (χ2n) is 3.31. The summed E-state index contributed by atoms with van der Waals surface area (Å²) in [6.07, 6.45) is 0. The van der Waals surface area contributed by atoms with Crippen molar-refractivity contribution < 1.29 is 0 Å². The number of hydrogen-bond donors (Lipinski definition) is 0. The van der Waals surface area contributed by atoms with Gasteiger partial charge in [-0.3, -0.25) is 0 Å². The van der Waals surface area contributed by atoms with Crippen LogP contribution in [0.15, 0.2) is 60.7 Å². The molecule has 0 aliphatic heterocycles. The normalized spacial score (nSPS) is 8.42. The Labute approximate surface area is 152 Å². The first kappa shape index (κ1) is 18.8. The van der Waals surface area contributed by atoms with E-state index >= 15 is 0 Å². The predicted octanol–water partition coefficient (Wildman–Crippen LogP) is 3.44. The van der Waals surface area contributed by atoms with Crippen LogP contribution in [0.25, 0.3) is 0 Å². The molecule has 19 heavy (non-hydrogen) atoms. The first-order valence-corrected chi connectivity index (χ1v) is 6.77. The minimum Gasteiger partial charge on any atom is -0.428 e. The maximum atomic E-state index is 4.78. The summed E-state index contributed by atoms with van der Waals surface area (Å²) >= 11 is 19.1. The van der Waals surface area contributed by atoms with Crippen LogP contribution in [-0.2, 0) is 25.3 Å². The van der Waals surface area contributed by atoms with Gasteiger partial charge in [0.2, 0.25) is 0 Å². The zero-order valence-corrected chi connectivity index (χ0v) is 14.8. The Kier molecular flexibility index (Phi) is 10.5. The van der Waals surface area contributed by atoms with Crippen LogP contribution in [0.5, 0.6) is 0 Å². The smallest absolute Gasteiger partial charge is 0.428 e. The summed E-state index contributed by atoms with van der Waals surface area (Å²) in [6.45, 7) is 0. The summed E-state index contributed by atoms with van der Waals surface area (Å²) in [7, 11) is 0.